The quantitative estimate of drug-likeness (QED) is 0.0261. The minimum atomic E-state index is -1.57. The minimum absolute atomic E-state index is 0.179. The normalized spacial score (nSPS) is 18.4. The van der Waals surface area contributed by atoms with Crippen LogP contribution < -0.4 is 5.32 Å². The lowest BCUT2D eigenvalue weighted by Crippen LogP contribution is -2.60. The van der Waals surface area contributed by atoms with Crippen LogP contribution in [0.15, 0.2) is 36.5 Å². The summed E-state index contributed by atoms with van der Waals surface area (Å²) in [5.41, 5.74) is 0. The zero-order chi connectivity index (χ0) is 60.0. The van der Waals surface area contributed by atoms with E-state index in [1.807, 2.05) is 6.08 Å². The molecule has 1 aliphatic rings. The fourth-order valence-electron chi connectivity index (χ4n) is 11.9. The Kier molecular flexibility index (Phi) is 60.7. The van der Waals surface area contributed by atoms with E-state index in [4.69, 9.17) is 9.47 Å². The van der Waals surface area contributed by atoms with Crippen molar-refractivity contribution in [1.82, 2.24) is 5.32 Å². The van der Waals surface area contributed by atoms with Crippen molar-refractivity contribution in [3.8, 4) is 0 Å². The van der Waals surface area contributed by atoms with Gasteiger partial charge in [-0.05, 0) is 57.8 Å². The molecule has 7 unspecified atom stereocenters. The first kappa shape index (κ1) is 79.4. The number of carbonyl (C=O) groups excluding carboxylic acids is 1. The number of nitrogens with one attached hydrogen (secondary N) is 1. The number of amides is 1. The molecule has 0 aromatic carbocycles. The Hall–Kier alpha value is -1.59. The zero-order valence-corrected chi connectivity index (χ0v) is 55.0. The highest BCUT2D eigenvalue weighted by Gasteiger charge is 2.44. The summed E-state index contributed by atoms with van der Waals surface area (Å²) in [6, 6.07) is -0.821. The topological polar surface area (TPSA) is 149 Å². The maximum absolute atomic E-state index is 13.1. The average Bonchev–Trinajstić information content (AvgIpc) is 3.60. The third-order valence-corrected chi connectivity index (χ3v) is 17.7. The molecule has 1 saturated heterocycles. The first-order valence-corrected chi connectivity index (χ1v) is 36.7. The van der Waals surface area contributed by atoms with Crippen LogP contribution in [0.3, 0.4) is 0 Å². The summed E-state index contributed by atoms with van der Waals surface area (Å²) in [5.74, 6) is -0.179. The van der Waals surface area contributed by atoms with Crippen LogP contribution in [0.1, 0.15) is 373 Å². The van der Waals surface area contributed by atoms with Crippen LogP contribution in [-0.4, -0.2) is 87.5 Å². The highest BCUT2D eigenvalue weighted by atomic mass is 16.7. The third kappa shape index (κ3) is 52.1. The second-order valence-electron chi connectivity index (χ2n) is 25.7. The van der Waals surface area contributed by atoms with Crippen molar-refractivity contribution >= 4 is 5.91 Å². The summed E-state index contributed by atoms with van der Waals surface area (Å²) < 4.78 is 11.3. The number of rotatable bonds is 65. The van der Waals surface area contributed by atoms with Crippen molar-refractivity contribution in [3.63, 3.8) is 0 Å². The van der Waals surface area contributed by atoms with Crippen molar-refractivity contribution in [3.05, 3.63) is 36.5 Å². The number of aliphatic hydroxyl groups excluding tert-OH is 5. The van der Waals surface area contributed by atoms with E-state index < -0.39 is 49.5 Å². The predicted octanol–water partition coefficient (Wildman–Crippen LogP) is 20.2. The van der Waals surface area contributed by atoms with Gasteiger partial charge < -0.3 is 40.3 Å². The summed E-state index contributed by atoms with van der Waals surface area (Å²) in [6.07, 6.45) is 78.5. The number of carbonyl (C=O) groups is 1. The zero-order valence-electron chi connectivity index (χ0n) is 55.0. The van der Waals surface area contributed by atoms with Gasteiger partial charge in [-0.1, -0.05) is 346 Å². The van der Waals surface area contributed by atoms with E-state index >= 15 is 0 Å². The lowest BCUT2D eigenvalue weighted by molar-refractivity contribution is -0.302. The van der Waals surface area contributed by atoms with E-state index in [-0.39, 0.29) is 12.5 Å². The molecule has 9 nitrogen and oxygen atoms in total. The largest absolute Gasteiger partial charge is 0.394 e. The van der Waals surface area contributed by atoms with Gasteiger partial charge in [-0.15, -0.1) is 0 Å². The fourth-order valence-corrected chi connectivity index (χ4v) is 11.9. The Morgan fingerprint density at radius 1 is 0.398 bits per heavy atom. The first-order chi connectivity index (χ1) is 40.8. The molecule has 1 heterocycles. The monoisotopic (exact) mass is 1170 g/mol. The molecule has 0 aromatic heterocycles. The Balaban J connectivity index is 2.10. The van der Waals surface area contributed by atoms with Gasteiger partial charge in [0, 0.05) is 6.42 Å². The molecule has 0 spiro atoms. The van der Waals surface area contributed by atoms with Gasteiger partial charge >= 0.3 is 0 Å². The molecule has 0 aromatic rings. The van der Waals surface area contributed by atoms with Gasteiger partial charge in [-0.3, -0.25) is 4.79 Å². The number of aliphatic hydroxyl groups is 5. The van der Waals surface area contributed by atoms with Crippen LogP contribution in [0, 0.1) is 0 Å². The fraction of sp³-hybridized carbons (Fsp3) is 0.905. The summed E-state index contributed by atoms with van der Waals surface area (Å²) in [4.78, 5) is 13.1. The molecule has 0 radical (unpaired) electrons. The van der Waals surface area contributed by atoms with Gasteiger partial charge in [0.05, 0.1) is 25.4 Å². The standard InChI is InChI=1S/C74H141NO8/c1-3-5-7-9-11-13-15-17-19-21-23-25-27-29-30-31-32-33-34-35-36-37-38-40-42-44-46-48-50-52-54-56-58-60-62-64-70(78)75-67(66-82-74-73(81)72(80)71(79)69(65-76)83-74)68(77)63-61-59-57-55-53-51-49-47-45-43-41-39-28-26-24-22-20-18-16-14-12-10-8-6-4-2/h21,23,53,55,61,63,67-69,71-74,76-77,79-81H,3-20,22,24-52,54,56-60,62,64-66H2,1-2H3,(H,75,78)/b23-21-,55-53+,63-61+. The Morgan fingerprint density at radius 3 is 1.01 bits per heavy atom. The highest BCUT2D eigenvalue weighted by molar-refractivity contribution is 5.76. The molecule has 1 amide bonds. The number of allylic oxidation sites excluding steroid dienone is 5. The Bertz CT molecular complexity index is 1410. The van der Waals surface area contributed by atoms with Crippen molar-refractivity contribution in [1.29, 1.82) is 0 Å². The summed E-state index contributed by atoms with van der Waals surface area (Å²) >= 11 is 0. The second kappa shape index (κ2) is 63.4. The van der Waals surface area contributed by atoms with Crippen LogP contribution in [0.5, 0.6) is 0 Å². The lowest BCUT2D eigenvalue weighted by atomic mass is 9.99. The maximum Gasteiger partial charge on any atom is 0.220 e. The number of hydrogen-bond donors (Lipinski definition) is 6. The molecule has 0 bridgehead atoms. The van der Waals surface area contributed by atoms with Crippen LogP contribution >= 0.6 is 0 Å². The molecule has 0 saturated carbocycles. The van der Waals surface area contributed by atoms with Gasteiger partial charge in [0.25, 0.3) is 0 Å². The van der Waals surface area contributed by atoms with Crippen molar-refractivity contribution in [2.75, 3.05) is 13.2 Å². The smallest absolute Gasteiger partial charge is 0.220 e. The number of hydrogen-bond acceptors (Lipinski definition) is 8. The number of ether oxygens (including phenoxy) is 2. The summed E-state index contributed by atoms with van der Waals surface area (Å²) in [5, 5.41) is 54.8. The Morgan fingerprint density at radius 2 is 0.687 bits per heavy atom. The van der Waals surface area contributed by atoms with Crippen LogP contribution in [0.25, 0.3) is 0 Å². The molecular formula is C74H141NO8. The molecule has 9 heteroatoms. The van der Waals surface area contributed by atoms with Crippen molar-refractivity contribution in [2.45, 2.75) is 416 Å². The maximum atomic E-state index is 13.1. The van der Waals surface area contributed by atoms with Crippen LogP contribution in [0.2, 0.25) is 0 Å². The van der Waals surface area contributed by atoms with Gasteiger partial charge in [0.2, 0.25) is 5.91 Å². The van der Waals surface area contributed by atoms with Crippen molar-refractivity contribution < 1.29 is 39.8 Å². The van der Waals surface area contributed by atoms with Crippen molar-refractivity contribution in [2.24, 2.45) is 0 Å². The van der Waals surface area contributed by atoms with E-state index in [9.17, 15) is 30.3 Å². The molecule has 83 heavy (non-hydrogen) atoms. The molecule has 1 aliphatic heterocycles. The van der Waals surface area contributed by atoms with E-state index in [2.05, 4.69) is 43.5 Å². The SMILES string of the molecule is CCCCCCCCCC/C=C\CCCCCCCCCCCCCCCCCCCCCCCCCC(=O)NC(COC1OC(CO)C(O)C(O)C1O)C(O)/C=C/CC/C=C/CCCCCCCCCCCCCCCCCCCCC. The van der Waals surface area contributed by atoms with E-state index in [1.165, 1.54) is 315 Å². The van der Waals surface area contributed by atoms with E-state index in [1.54, 1.807) is 6.08 Å². The van der Waals surface area contributed by atoms with Crippen LogP contribution in [0.4, 0.5) is 0 Å². The Labute approximate surface area is 514 Å². The van der Waals surface area contributed by atoms with Crippen LogP contribution in [-0.2, 0) is 14.3 Å². The first-order valence-electron chi connectivity index (χ1n) is 36.7. The van der Waals surface area contributed by atoms with Gasteiger partial charge in [0.1, 0.15) is 24.4 Å². The molecule has 1 fully saturated rings. The predicted molar refractivity (Wildman–Crippen MR) is 355 cm³/mol. The van der Waals surface area contributed by atoms with Gasteiger partial charge in [0.15, 0.2) is 6.29 Å². The van der Waals surface area contributed by atoms with E-state index in [0.717, 1.165) is 38.5 Å². The number of unbranched alkanes of at least 4 members (excludes halogenated alkanes) is 51. The molecule has 6 N–H and O–H groups in total. The summed E-state index contributed by atoms with van der Waals surface area (Å²) in [6.45, 7) is 3.82. The highest BCUT2D eigenvalue weighted by Crippen LogP contribution is 2.24. The molecule has 0 aliphatic carbocycles. The van der Waals surface area contributed by atoms with Gasteiger partial charge in [-0.25, -0.2) is 0 Å². The average molecular weight is 1170 g/mol. The third-order valence-electron chi connectivity index (χ3n) is 17.7. The minimum Gasteiger partial charge on any atom is -0.394 e. The van der Waals surface area contributed by atoms with E-state index in [0.29, 0.717) is 6.42 Å². The molecule has 1 rings (SSSR count). The second-order valence-corrected chi connectivity index (χ2v) is 25.7. The van der Waals surface area contributed by atoms with Gasteiger partial charge in [-0.2, -0.15) is 0 Å². The lowest BCUT2D eigenvalue weighted by Gasteiger charge is -2.40. The molecule has 490 valence electrons. The molecular weight excluding hydrogens is 1030 g/mol. The molecule has 7 atom stereocenters. The summed E-state index contributed by atoms with van der Waals surface area (Å²) in [7, 11) is 0.